The van der Waals surface area contributed by atoms with E-state index in [4.69, 9.17) is 0 Å². The van der Waals surface area contributed by atoms with Gasteiger partial charge in [-0.3, -0.25) is 9.59 Å². The molecule has 0 saturated carbocycles. The minimum atomic E-state index is -0.599. The summed E-state index contributed by atoms with van der Waals surface area (Å²) in [5.74, 6) is 0.546. The van der Waals surface area contributed by atoms with Crippen molar-refractivity contribution < 1.29 is 9.59 Å². The minimum Gasteiger partial charge on any atom is -0.357 e. The van der Waals surface area contributed by atoms with Gasteiger partial charge in [0.1, 0.15) is 11.9 Å². The molecule has 1 fully saturated rings. The number of hydrogen-bond acceptors (Lipinski definition) is 4. The number of rotatable bonds is 7. The van der Waals surface area contributed by atoms with Crippen molar-refractivity contribution in [2.75, 3.05) is 18.0 Å². The van der Waals surface area contributed by atoms with Gasteiger partial charge in [0.05, 0.1) is 0 Å². The van der Waals surface area contributed by atoms with Gasteiger partial charge in [0.15, 0.2) is 0 Å². The number of nitrogens with one attached hydrogen (secondary N) is 2. The average molecular weight is 423 g/mol. The Morgan fingerprint density at radius 2 is 1.68 bits per heavy atom. The predicted molar refractivity (Wildman–Crippen MR) is 124 cm³/mol. The van der Waals surface area contributed by atoms with E-state index in [1.54, 1.807) is 12.1 Å². The van der Waals surface area contributed by atoms with Gasteiger partial charge in [-0.1, -0.05) is 50.5 Å². The van der Waals surface area contributed by atoms with Crippen LogP contribution in [0.3, 0.4) is 0 Å². The summed E-state index contributed by atoms with van der Waals surface area (Å²) in [7, 11) is 0. The van der Waals surface area contributed by atoms with E-state index in [1.807, 2.05) is 51.2 Å². The monoisotopic (exact) mass is 422 g/mol. The van der Waals surface area contributed by atoms with Gasteiger partial charge in [-0.25, -0.2) is 4.98 Å². The molecule has 0 spiro atoms. The molecule has 1 aliphatic rings. The number of benzene rings is 1. The highest BCUT2D eigenvalue weighted by atomic mass is 16.2. The van der Waals surface area contributed by atoms with E-state index in [2.05, 4.69) is 20.5 Å². The van der Waals surface area contributed by atoms with Gasteiger partial charge in [-0.15, -0.1) is 0 Å². The first-order chi connectivity index (χ1) is 14.9. The second kappa shape index (κ2) is 10.9. The summed E-state index contributed by atoms with van der Waals surface area (Å²) in [5.41, 5.74) is 2.59. The third kappa shape index (κ3) is 6.54. The number of carbonyl (C=O) groups excluding carboxylic acids is 2. The molecule has 1 atom stereocenters. The molecule has 2 amide bonds. The summed E-state index contributed by atoms with van der Waals surface area (Å²) in [6, 6.07) is 10.8. The summed E-state index contributed by atoms with van der Waals surface area (Å²) in [6.07, 6.45) is 6.83. The first-order valence-corrected chi connectivity index (χ1v) is 11.3. The van der Waals surface area contributed by atoms with Crippen LogP contribution >= 0.6 is 0 Å². The molecule has 1 aromatic carbocycles. The Morgan fingerprint density at radius 3 is 2.26 bits per heavy atom. The normalized spacial score (nSPS) is 15.3. The molecule has 6 heteroatoms. The fourth-order valence-corrected chi connectivity index (χ4v) is 3.77. The Bertz CT molecular complexity index is 854. The second-order valence-corrected chi connectivity index (χ2v) is 8.70. The fourth-order valence-electron chi connectivity index (χ4n) is 3.77. The van der Waals surface area contributed by atoms with Crippen LogP contribution in [0.5, 0.6) is 0 Å². The van der Waals surface area contributed by atoms with Crippen LogP contribution in [0.2, 0.25) is 0 Å². The summed E-state index contributed by atoms with van der Waals surface area (Å²) in [4.78, 5) is 32.3. The van der Waals surface area contributed by atoms with Crippen LogP contribution in [0.15, 0.2) is 42.6 Å². The molecular weight excluding hydrogens is 388 g/mol. The van der Waals surface area contributed by atoms with Gasteiger partial charge in [0.25, 0.3) is 5.91 Å². The van der Waals surface area contributed by atoms with E-state index in [1.165, 1.54) is 25.7 Å². The maximum absolute atomic E-state index is 12.8. The summed E-state index contributed by atoms with van der Waals surface area (Å²) < 4.78 is 0. The Morgan fingerprint density at radius 1 is 1.00 bits per heavy atom. The van der Waals surface area contributed by atoms with E-state index >= 15 is 0 Å². The van der Waals surface area contributed by atoms with Crippen molar-refractivity contribution in [3.8, 4) is 0 Å². The molecule has 1 unspecified atom stereocenters. The molecule has 31 heavy (non-hydrogen) atoms. The minimum absolute atomic E-state index is 0.0297. The number of aryl methyl sites for hydroxylation is 1. The fraction of sp³-hybridized carbons (Fsp3) is 0.480. The number of aromatic nitrogens is 1. The van der Waals surface area contributed by atoms with Crippen LogP contribution in [0.25, 0.3) is 0 Å². The molecule has 2 heterocycles. The number of pyridine rings is 1. The van der Waals surface area contributed by atoms with Gasteiger partial charge in [0.2, 0.25) is 5.91 Å². The lowest BCUT2D eigenvalue weighted by atomic mass is 10.0. The highest BCUT2D eigenvalue weighted by molar-refractivity contribution is 5.97. The van der Waals surface area contributed by atoms with Crippen molar-refractivity contribution in [1.82, 2.24) is 15.6 Å². The molecule has 1 saturated heterocycles. The Labute approximate surface area is 185 Å². The number of nitrogens with zero attached hydrogens (tertiary/aromatic N) is 2. The zero-order valence-electron chi connectivity index (χ0n) is 18.9. The lowest BCUT2D eigenvalue weighted by Gasteiger charge is -2.22. The lowest BCUT2D eigenvalue weighted by Crippen LogP contribution is -2.49. The van der Waals surface area contributed by atoms with Crippen LogP contribution in [-0.4, -0.2) is 35.9 Å². The molecule has 0 aliphatic carbocycles. The van der Waals surface area contributed by atoms with Crippen molar-refractivity contribution >= 4 is 17.6 Å². The van der Waals surface area contributed by atoms with Gasteiger partial charge >= 0.3 is 0 Å². The zero-order chi connectivity index (χ0) is 22.2. The Kier molecular flexibility index (Phi) is 8.04. The molecule has 0 bridgehead atoms. The maximum Gasteiger partial charge on any atom is 0.251 e. The molecule has 3 rings (SSSR count). The number of carbonyl (C=O) groups is 2. The van der Waals surface area contributed by atoms with E-state index in [0.717, 1.165) is 30.0 Å². The zero-order valence-corrected chi connectivity index (χ0v) is 18.9. The maximum atomic E-state index is 12.8. The molecule has 166 valence electrons. The van der Waals surface area contributed by atoms with Crippen molar-refractivity contribution in [2.24, 2.45) is 5.92 Å². The van der Waals surface area contributed by atoms with Crippen molar-refractivity contribution in [3.63, 3.8) is 0 Å². The molecule has 0 radical (unpaired) electrons. The van der Waals surface area contributed by atoms with Crippen LogP contribution in [0, 0.1) is 12.8 Å². The highest BCUT2D eigenvalue weighted by Crippen LogP contribution is 2.17. The van der Waals surface area contributed by atoms with Gasteiger partial charge in [0, 0.05) is 31.4 Å². The average Bonchev–Trinajstić information content (AvgIpc) is 3.06. The van der Waals surface area contributed by atoms with E-state index < -0.39 is 6.04 Å². The topological polar surface area (TPSA) is 74.3 Å². The van der Waals surface area contributed by atoms with Gasteiger partial charge in [-0.2, -0.15) is 0 Å². The SMILES string of the molecule is Cc1ccc(C(=O)NC(C(=O)NCc2ccc(N3CCCCCC3)nc2)C(C)C)cc1. The molecule has 1 aliphatic heterocycles. The quantitative estimate of drug-likeness (QED) is 0.711. The summed E-state index contributed by atoms with van der Waals surface area (Å²) >= 11 is 0. The molecule has 2 N–H and O–H groups in total. The molecule has 6 nitrogen and oxygen atoms in total. The van der Waals surface area contributed by atoms with E-state index in [0.29, 0.717) is 12.1 Å². The predicted octanol–water partition coefficient (Wildman–Crippen LogP) is 3.84. The number of amides is 2. The summed E-state index contributed by atoms with van der Waals surface area (Å²) in [6.45, 7) is 8.32. The van der Waals surface area contributed by atoms with Gasteiger partial charge in [-0.05, 0) is 49.4 Å². The number of hydrogen-bond donors (Lipinski definition) is 2. The first kappa shape index (κ1) is 22.8. The third-order valence-electron chi connectivity index (χ3n) is 5.76. The van der Waals surface area contributed by atoms with E-state index in [-0.39, 0.29) is 17.7 Å². The third-order valence-corrected chi connectivity index (χ3v) is 5.76. The number of anilines is 1. The van der Waals surface area contributed by atoms with Crippen molar-refractivity contribution in [3.05, 3.63) is 59.3 Å². The van der Waals surface area contributed by atoms with Crippen molar-refractivity contribution in [1.29, 1.82) is 0 Å². The Hall–Kier alpha value is -2.89. The van der Waals surface area contributed by atoms with E-state index in [9.17, 15) is 9.59 Å². The molecule has 2 aromatic rings. The lowest BCUT2D eigenvalue weighted by molar-refractivity contribution is -0.124. The highest BCUT2D eigenvalue weighted by Gasteiger charge is 2.24. The molecular formula is C25H34N4O2. The standard InChI is InChI=1S/C25H34N4O2/c1-18(2)23(28-24(30)21-11-8-19(3)9-12-21)25(31)27-17-20-10-13-22(26-16-20)29-14-6-4-5-7-15-29/h8-13,16,18,23H,4-7,14-15,17H2,1-3H3,(H,27,31)(H,28,30). The summed E-state index contributed by atoms with van der Waals surface area (Å²) in [5, 5.41) is 5.82. The van der Waals surface area contributed by atoms with Crippen LogP contribution in [0.4, 0.5) is 5.82 Å². The second-order valence-electron chi connectivity index (χ2n) is 8.70. The Balaban J connectivity index is 1.55. The van der Waals surface area contributed by atoms with Gasteiger partial charge < -0.3 is 15.5 Å². The van der Waals surface area contributed by atoms with Crippen LogP contribution in [-0.2, 0) is 11.3 Å². The van der Waals surface area contributed by atoms with Crippen LogP contribution < -0.4 is 15.5 Å². The van der Waals surface area contributed by atoms with Crippen molar-refractivity contribution in [2.45, 2.75) is 59.0 Å². The van der Waals surface area contributed by atoms with Crippen LogP contribution in [0.1, 0.15) is 61.0 Å². The molecule has 1 aromatic heterocycles. The smallest absolute Gasteiger partial charge is 0.251 e. The first-order valence-electron chi connectivity index (χ1n) is 11.3. The largest absolute Gasteiger partial charge is 0.357 e.